The summed E-state index contributed by atoms with van der Waals surface area (Å²) in [5.41, 5.74) is 18.9. The smallest absolute Gasteiger partial charge is 0.231 e. The van der Waals surface area contributed by atoms with Crippen LogP contribution in [0.1, 0.15) is 25.7 Å². The summed E-state index contributed by atoms with van der Waals surface area (Å²) in [6.45, 7) is 1.03. The lowest BCUT2D eigenvalue weighted by atomic mass is 10.2. The lowest BCUT2D eigenvalue weighted by Gasteiger charge is -2.15. The van der Waals surface area contributed by atoms with Gasteiger partial charge in [-0.25, -0.2) is 4.99 Å². The van der Waals surface area contributed by atoms with E-state index in [1.54, 1.807) is 48.5 Å². The molecule has 0 radical (unpaired) electrons. The Morgan fingerprint density at radius 2 is 1.36 bits per heavy atom. The minimum atomic E-state index is 0.00741. The van der Waals surface area contributed by atoms with Gasteiger partial charge in [0.25, 0.3) is 0 Å². The van der Waals surface area contributed by atoms with Crippen molar-refractivity contribution in [3.05, 3.63) is 58.6 Å². The number of nitrogens with one attached hydrogen (secondary N) is 2. The molecule has 0 fully saturated rings. The van der Waals surface area contributed by atoms with Crippen molar-refractivity contribution >= 4 is 82.0 Å². The highest BCUT2D eigenvalue weighted by molar-refractivity contribution is 6.35. The maximum atomic E-state index is 6.19. The molecule has 10 nitrogen and oxygen atoms in total. The van der Waals surface area contributed by atoms with Crippen molar-refractivity contribution in [2.45, 2.75) is 25.7 Å². The first-order valence-electron chi connectivity index (χ1n) is 10.9. The molecule has 0 saturated carbocycles. The van der Waals surface area contributed by atoms with Gasteiger partial charge in [0.1, 0.15) is 0 Å². The van der Waals surface area contributed by atoms with Gasteiger partial charge < -0.3 is 22.5 Å². The maximum Gasteiger partial charge on any atom is 0.231 e. The molecule has 8 N–H and O–H groups in total. The van der Waals surface area contributed by atoms with E-state index >= 15 is 0 Å². The fourth-order valence-corrected chi connectivity index (χ4v) is 3.33. The van der Waals surface area contributed by atoms with Crippen LogP contribution >= 0.6 is 46.8 Å². The summed E-state index contributed by atoms with van der Waals surface area (Å²) < 4.78 is 1.05. The second-order valence-corrected chi connectivity index (χ2v) is 8.71. The summed E-state index contributed by atoms with van der Waals surface area (Å²) >= 11 is 23.7. The van der Waals surface area contributed by atoms with Gasteiger partial charge in [0.2, 0.25) is 23.8 Å². The lowest BCUT2D eigenvalue weighted by Crippen LogP contribution is -2.39. The molecule has 0 heterocycles. The van der Waals surface area contributed by atoms with E-state index in [9.17, 15) is 0 Å². The van der Waals surface area contributed by atoms with E-state index in [0.29, 0.717) is 28.8 Å². The number of nitrogens with two attached hydrogens (primary N) is 3. The molecular weight excluding hydrogens is 546 g/mol. The Labute approximate surface area is 230 Å². The minimum absolute atomic E-state index is 0.00741. The first-order valence-corrected chi connectivity index (χ1v) is 12.4. The molecule has 0 unspecified atom stereocenters. The van der Waals surface area contributed by atoms with E-state index in [1.807, 2.05) is 0 Å². The number of nitrogens with zero attached hydrogens (tertiary/aromatic N) is 5. The Morgan fingerprint density at radius 3 is 1.94 bits per heavy atom. The van der Waals surface area contributed by atoms with Crippen LogP contribution in [0, 0.1) is 0 Å². The Morgan fingerprint density at radius 1 is 0.806 bits per heavy atom. The van der Waals surface area contributed by atoms with Crippen LogP contribution in [-0.2, 0) is 0 Å². The van der Waals surface area contributed by atoms with Crippen LogP contribution in [0.5, 0.6) is 0 Å². The van der Waals surface area contributed by atoms with Crippen LogP contribution in [0.3, 0.4) is 0 Å². The average Bonchev–Trinajstić information content (AvgIpc) is 2.85. The third-order valence-corrected chi connectivity index (χ3v) is 5.50. The molecule has 0 aliphatic heterocycles. The van der Waals surface area contributed by atoms with E-state index in [2.05, 4.69) is 30.1 Å². The van der Waals surface area contributed by atoms with Crippen LogP contribution in [-0.4, -0.2) is 41.3 Å². The van der Waals surface area contributed by atoms with Gasteiger partial charge >= 0.3 is 0 Å². The molecule has 14 heteroatoms. The topological polar surface area (TPSA) is 155 Å². The average molecular weight is 574 g/mol. The Kier molecular flexibility index (Phi) is 13.0. The molecule has 2 aromatic carbocycles. The molecule has 0 saturated heterocycles. The summed E-state index contributed by atoms with van der Waals surface area (Å²) in [7, 11) is 0. The highest BCUT2D eigenvalue weighted by Crippen LogP contribution is 2.17. The zero-order valence-corrected chi connectivity index (χ0v) is 22.4. The van der Waals surface area contributed by atoms with Crippen molar-refractivity contribution in [3.63, 3.8) is 0 Å². The molecule has 0 aliphatic carbocycles. The second-order valence-electron chi connectivity index (χ2n) is 7.31. The fraction of sp³-hybridized carbons (Fsp3) is 0.273. The Bertz CT molecular complexity index is 1070. The molecular formula is C22H28Cl4N10. The van der Waals surface area contributed by atoms with Gasteiger partial charge in [0.15, 0.2) is 0 Å². The van der Waals surface area contributed by atoms with Crippen molar-refractivity contribution in [3.8, 4) is 0 Å². The van der Waals surface area contributed by atoms with Crippen molar-refractivity contribution in [2.24, 2.45) is 37.2 Å². The Hall–Kier alpha value is -2.92. The molecule has 0 atom stereocenters. The molecule has 2 aromatic rings. The van der Waals surface area contributed by atoms with E-state index < -0.39 is 0 Å². The second kappa shape index (κ2) is 15.9. The van der Waals surface area contributed by atoms with E-state index in [0.717, 1.165) is 35.8 Å². The Balaban J connectivity index is 1.69. The van der Waals surface area contributed by atoms with Crippen molar-refractivity contribution < 1.29 is 0 Å². The van der Waals surface area contributed by atoms with Crippen molar-refractivity contribution in [1.82, 2.24) is 9.25 Å². The molecule has 2 rings (SSSR count). The van der Waals surface area contributed by atoms with E-state index in [1.165, 1.54) is 0 Å². The van der Waals surface area contributed by atoms with E-state index in [-0.39, 0.29) is 23.8 Å². The zero-order valence-electron chi connectivity index (χ0n) is 19.3. The van der Waals surface area contributed by atoms with Crippen LogP contribution in [0.2, 0.25) is 10.0 Å². The minimum Gasteiger partial charge on any atom is -0.369 e. The fourth-order valence-electron chi connectivity index (χ4n) is 2.75. The van der Waals surface area contributed by atoms with Gasteiger partial charge in [0.05, 0.1) is 5.69 Å². The van der Waals surface area contributed by atoms with Crippen LogP contribution < -0.4 is 27.4 Å². The summed E-state index contributed by atoms with van der Waals surface area (Å²) in [6, 6.07) is 13.9. The van der Waals surface area contributed by atoms with Gasteiger partial charge in [-0.05, 0) is 61.4 Å². The molecule has 0 bridgehead atoms. The third-order valence-electron chi connectivity index (χ3n) is 4.50. The predicted octanol–water partition coefficient (Wildman–Crippen LogP) is 4.80. The first kappa shape index (κ1) is 29.3. The lowest BCUT2D eigenvalue weighted by molar-refractivity contribution is 0.651. The number of anilines is 1. The monoisotopic (exact) mass is 572 g/mol. The van der Waals surface area contributed by atoms with Gasteiger partial charge in [-0.3, -0.25) is 14.8 Å². The van der Waals surface area contributed by atoms with Crippen LogP contribution in [0.15, 0.2) is 68.5 Å². The van der Waals surface area contributed by atoms with Crippen molar-refractivity contribution in [2.75, 3.05) is 18.4 Å². The SMILES string of the molecule is NC(=NCCCCCCN=C(NCl)N(Cl)C(N)=Nc1ccc(Cl)cc1)N=C(N)Nc1ccc(Cl)cc1. The summed E-state index contributed by atoms with van der Waals surface area (Å²) in [5.74, 6) is 0.436. The molecule has 0 aliphatic rings. The largest absolute Gasteiger partial charge is 0.369 e. The zero-order chi connectivity index (χ0) is 26.3. The molecule has 0 spiro atoms. The predicted molar refractivity (Wildman–Crippen MR) is 153 cm³/mol. The number of aliphatic imine (C=N–C) groups is 4. The highest BCUT2D eigenvalue weighted by Gasteiger charge is 2.12. The molecule has 0 amide bonds. The number of hydrogen-bond acceptors (Lipinski definition) is 3. The number of halogens is 4. The van der Waals surface area contributed by atoms with Crippen LogP contribution in [0.25, 0.3) is 0 Å². The number of rotatable bonds is 9. The third kappa shape index (κ3) is 11.2. The number of hydrogen-bond donors (Lipinski definition) is 5. The van der Waals surface area contributed by atoms with Gasteiger partial charge in [-0.2, -0.15) is 9.41 Å². The summed E-state index contributed by atoms with van der Waals surface area (Å²) in [5, 5.41) is 4.14. The van der Waals surface area contributed by atoms with Gasteiger partial charge in [-0.1, -0.05) is 36.0 Å². The normalized spacial score (nSPS) is 13.0. The molecule has 36 heavy (non-hydrogen) atoms. The standard InChI is InChI=1S/C22H28Cl4N10/c23-15-5-9-17(10-6-15)32-20(28)34-19(27)30-13-3-1-2-4-14-31-22(35-25)36(26)21(29)33-18-11-7-16(24)8-12-18/h5-12H,1-4,13-14H2,(H2,29,33)(H,31,35)(H5,27,28,30,32,34). The maximum absolute atomic E-state index is 6.19. The number of guanidine groups is 4. The van der Waals surface area contributed by atoms with Crippen LogP contribution in [0.4, 0.5) is 11.4 Å². The van der Waals surface area contributed by atoms with Gasteiger partial charge in [-0.15, -0.1) is 0 Å². The number of unbranched alkanes of at least 4 members (excludes halogenated alkanes) is 3. The molecule has 194 valence electrons. The first-order chi connectivity index (χ1) is 17.3. The summed E-state index contributed by atoms with van der Waals surface area (Å²) in [4.78, 5) is 19.2. The van der Waals surface area contributed by atoms with Gasteiger partial charge in [0, 0.05) is 52.4 Å². The summed E-state index contributed by atoms with van der Waals surface area (Å²) in [6.07, 6.45) is 3.52. The van der Waals surface area contributed by atoms with Crippen molar-refractivity contribution in [1.29, 1.82) is 0 Å². The highest BCUT2D eigenvalue weighted by atomic mass is 35.5. The number of benzene rings is 2. The molecule has 0 aromatic heterocycles. The van der Waals surface area contributed by atoms with E-state index in [4.69, 9.17) is 64.0 Å². The quantitative estimate of drug-likeness (QED) is 0.126.